The van der Waals surface area contributed by atoms with E-state index in [1.54, 1.807) is 13.3 Å². The lowest BCUT2D eigenvalue weighted by molar-refractivity contribution is -0.116. The van der Waals surface area contributed by atoms with Gasteiger partial charge in [-0.2, -0.15) is 0 Å². The van der Waals surface area contributed by atoms with Gasteiger partial charge in [0.25, 0.3) is 0 Å². The number of amides is 1. The third-order valence-corrected chi connectivity index (χ3v) is 4.25. The number of methoxy groups -OCH3 is 1. The topological polar surface area (TPSA) is 56.1 Å². The SMILES string of the molecule is COc1ccc2c(ccn2CCC(=O)Nc2ncc(C)s2)c1. The van der Waals surface area contributed by atoms with E-state index in [9.17, 15) is 4.79 Å². The van der Waals surface area contributed by atoms with Crippen LogP contribution in [0.2, 0.25) is 0 Å². The molecule has 3 rings (SSSR count). The Morgan fingerprint density at radius 2 is 2.27 bits per heavy atom. The number of nitrogens with zero attached hydrogens (tertiary/aromatic N) is 2. The average molecular weight is 315 g/mol. The van der Waals surface area contributed by atoms with Crippen LogP contribution in [0.1, 0.15) is 11.3 Å². The summed E-state index contributed by atoms with van der Waals surface area (Å²) in [6, 6.07) is 7.96. The molecule has 1 amide bonds. The third-order valence-electron chi connectivity index (χ3n) is 3.43. The number of carbonyl (C=O) groups excluding carboxylic acids is 1. The molecule has 0 aliphatic rings. The zero-order valence-corrected chi connectivity index (χ0v) is 13.3. The highest BCUT2D eigenvalue weighted by molar-refractivity contribution is 7.15. The van der Waals surface area contributed by atoms with Gasteiger partial charge >= 0.3 is 0 Å². The van der Waals surface area contributed by atoms with Gasteiger partial charge in [0.2, 0.25) is 5.91 Å². The third kappa shape index (κ3) is 3.12. The fraction of sp³-hybridized carbons (Fsp3) is 0.250. The molecule has 0 aliphatic heterocycles. The van der Waals surface area contributed by atoms with Crippen molar-refractivity contribution in [3.05, 3.63) is 41.5 Å². The lowest BCUT2D eigenvalue weighted by atomic mass is 10.2. The molecule has 0 unspecified atom stereocenters. The highest BCUT2D eigenvalue weighted by Crippen LogP contribution is 2.22. The Hall–Kier alpha value is -2.34. The van der Waals surface area contributed by atoms with E-state index in [1.165, 1.54) is 11.3 Å². The van der Waals surface area contributed by atoms with Crippen LogP contribution < -0.4 is 10.1 Å². The minimum Gasteiger partial charge on any atom is -0.497 e. The predicted octanol–water partition coefficient (Wildman–Crippen LogP) is 3.44. The number of ether oxygens (including phenoxy) is 1. The second-order valence-corrected chi connectivity index (χ2v) is 6.24. The van der Waals surface area contributed by atoms with Gasteiger partial charge in [0.15, 0.2) is 5.13 Å². The largest absolute Gasteiger partial charge is 0.497 e. The van der Waals surface area contributed by atoms with Gasteiger partial charge in [0.1, 0.15) is 5.75 Å². The second kappa shape index (κ2) is 6.19. The number of nitrogens with one attached hydrogen (secondary N) is 1. The van der Waals surface area contributed by atoms with E-state index in [0.717, 1.165) is 21.5 Å². The molecular formula is C16H17N3O2S. The molecule has 3 aromatic rings. The summed E-state index contributed by atoms with van der Waals surface area (Å²) in [6.07, 6.45) is 4.16. The Morgan fingerprint density at radius 3 is 3.00 bits per heavy atom. The molecule has 0 saturated heterocycles. The predicted molar refractivity (Wildman–Crippen MR) is 88.6 cm³/mol. The van der Waals surface area contributed by atoms with Crippen LogP contribution in [0.25, 0.3) is 10.9 Å². The van der Waals surface area contributed by atoms with Crippen LogP contribution >= 0.6 is 11.3 Å². The van der Waals surface area contributed by atoms with Gasteiger partial charge in [-0.3, -0.25) is 4.79 Å². The summed E-state index contributed by atoms with van der Waals surface area (Å²) in [5.74, 6) is 0.812. The summed E-state index contributed by atoms with van der Waals surface area (Å²) >= 11 is 1.48. The van der Waals surface area contributed by atoms with Crippen molar-refractivity contribution < 1.29 is 9.53 Å². The lowest BCUT2D eigenvalue weighted by Crippen LogP contribution is -2.13. The monoisotopic (exact) mass is 315 g/mol. The smallest absolute Gasteiger partial charge is 0.227 e. The number of anilines is 1. The van der Waals surface area contributed by atoms with Crippen molar-refractivity contribution in [1.29, 1.82) is 0 Å². The maximum atomic E-state index is 12.0. The van der Waals surface area contributed by atoms with Crippen molar-refractivity contribution in [3.8, 4) is 5.75 Å². The van der Waals surface area contributed by atoms with Gasteiger partial charge in [-0.25, -0.2) is 4.98 Å². The molecular weight excluding hydrogens is 298 g/mol. The Bertz CT molecular complexity index is 807. The standard InChI is InChI=1S/C16H17N3O2S/c1-11-10-17-16(22-11)18-15(20)6-8-19-7-5-12-9-13(21-2)3-4-14(12)19/h3-5,7,9-10H,6,8H2,1-2H3,(H,17,18,20). The van der Waals surface area contributed by atoms with Crippen molar-refractivity contribution >= 4 is 33.3 Å². The molecule has 2 heterocycles. The molecule has 0 atom stereocenters. The number of benzene rings is 1. The van der Waals surface area contributed by atoms with E-state index in [1.807, 2.05) is 37.4 Å². The van der Waals surface area contributed by atoms with Crippen molar-refractivity contribution in [2.45, 2.75) is 19.9 Å². The highest BCUT2D eigenvalue weighted by Gasteiger charge is 2.07. The maximum Gasteiger partial charge on any atom is 0.227 e. The molecule has 0 bridgehead atoms. The molecule has 0 spiro atoms. The first-order chi connectivity index (χ1) is 10.7. The van der Waals surface area contributed by atoms with E-state index in [4.69, 9.17) is 4.74 Å². The van der Waals surface area contributed by atoms with Gasteiger partial charge in [-0.05, 0) is 31.2 Å². The lowest BCUT2D eigenvalue weighted by Gasteiger charge is -2.06. The van der Waals surface area contributed by atoms with E-state index < -0.39 is 0 Å². The summed E-state index contributed by atoms with van der Waals surface area (Å²) < 4.78 is 7.29. The average Bonchev–Trinajstić information content (AvgIpc) is 3.10. The molecule has 0 saturated carbocycles. The zero-order valence-electron chi connectivity index (χ0n) is 12.5. The van der Waals surface area contributed by atoms with Gasteiger partial charge in [0.05, 0.1) is 7.11 Å². The fourth-order valence-electron chi connectivity index (χ4n) is 2.32. The first kappa shape index (κ1) is 14.6. The van der Waals surface area contributed by atoms with E-state index in [0.29, 0.717) is 18.1 Å². The maximum absolute atomic E-state index is 12.0. The Kier molecular flexibility index (Phi) is 4.11. The minimum absolute atomic E-state index is 0.0234. The highest BCUT2D eigenvalue weighted by atomic mass is 32.1. The van der Waals surface area contributed by atoms with E-state index in [-0.39, 0.29) is 5.91 Å². The zero-order chi connectivity index (χ0) is 15.5. The van der Waals surface area contributed by atoms with Crippen LogP contribution in [0.15, 0.2) is 36.7 Å². The number of fused-ring (bicyclic) bond motifs is 1. The number of rotatable bonds is 5. The number of hydrogen-bond acceptors (Lipinski definition) is 4. The minimum atomic E-state index is -0.0234. The van der Waals surface area contributed by atoms with Crippen LogP contribution in [-0.2, 0) is 11.3 Å². The van der Waals surface area contributed by atoms with Crippen molar-refractivity contribution in [2.24, 2.45) is 0 Å². The number of carbonyl (C=O) groups is 1. The van der Waals surface area contributed by atoms with Crippen molar-refractivity contribution in [3.63, 3.8) is 0 Å². The number of aromatic nitrogens is 2. The van der Waals surface area contributed by atoms with E-state index in [2.05, 4.69) is 14.9 Å². The van der Waals surface area contributed by atoms with Crippen LogP contribution in [-0.4, -0.2) is 22.6 Å². The quantitative estimate of drug-likeness (QED) is 0.784. The molecule has 1 N–H and O–H groups in total. The van der Waals surface area contributed by atoms with Crippen LogP contribution in [0.5, 0.6) is 5.75 Å². The van der Waals surface area contributed by atoms with Gasteiger partial charge in [-0.15, -0.1) is 11.3 Å². The Balaban J connectivity index is 1.65. The second-order valence-electron chi connectivity index (χ2n) is 5.01. The molecule has 1 aromatic carbocycles. The normalized spacial score (nSPS) is 10.8. The van der Waals surface area contributed by atoms with Gasteiger partial charge in [0, 0.05) is 41.1 Å². The molecule has 2 aromatic heterocycles. The van der Waals surface area contributed by atoms with Crippen molar-refractivity contribution in [1.82, 2.24) is 9.55 Å². The summed E-state index contributed by atoms with van der Waals surface area (Å²) in [4.78, 5) is 17.2. The summed E-state index contributed by atoms with van der Waals surface area (Å²) in [6.45, 7) is 2.60. The van der Waals surface area contributed by atoms with Crippen LogP contribution in [0.3, 0.4) is 0 Å². The van der Waals surface area contributed by atoms with Crippen molar-refractivity contribution in [2.75, 3.05) is 12.4 Å². The number of thiazole rings is 1. The first-order valence-electron chi connectivity index (χ1n) is 7.01. The van der Waals surface area contributed by atoms with Gasteiger partial charge in [-0.1, -0.05) is 0 Å². The Labute approximate surface area is 132 Å². The fourth-order valence-corrected chi connectivity index (χ4v) is 3.00. The van der Waals surface area contributed by atoms with Gasteiger partial charge < -0.3 is 14.6 Å². The molecule has 5 nitrogen and oxygen atoms in total. The van der Waals surface area contributed by atoms with E-state index >= 15 is 0 Å². The van der Waals surface area contributed by atoms with Crippen LogP contribution in [0, 0.1) is 6.92 Å². The first-order valence-corrected chi connectivity index (χ1v) is 7.82. The number of aryl methyl sites for hydroxylation is 2. The summed E-state index contributed by atoms with van der Waals surface area (Å²) in [7, 11) is 1.66. The molecule has 0 fully saturated rings. The Morgan fingerprint density at radius 1 is 1.41 bits per heavy atom. The molecule has 114 valence electrons. The molecule has 22 heavy (non-hydrogen) atoms. The summed E-state index contributed by atoms with van der Waals surface area (Å²) in [5.41, 5.74) is 1.10. The molecule has 0 aliphatic carbocycles. The summed E-state index contributed by atoms with van der Waals surface area (Å²) in [5, 5.41) is 4.59. The number of hydrogen-bond donors (Lipinski definition) is 1. The van der Waals surface area contributed by atoms with Crippen LogP contribution in [0.4, 0.5) is 5.13 Å². The molecule has 6 heteroatoms. The molecule has 0 radical (unpaired) electrons.